The van der Waals surface area contributed by atoms with Gasteiger partial charge in [0, 0.05) is 31.3 Å². The molecule has 0 bridgehead atoms. The van der Waals surface area contributed by atoms with Gasteiger partial charge in [-0.3, -0.25) is 9.59 Å². The topological polar surface area (TPSA) is 58.6 Å². The summed E-state index contributed by atoms with van der Waals surface area (Å²) in [5.74, 6) is 0.224. The molecule has 0 unspecified atom stereocenters. The number of anilines is 2. The first kappa shape index (κ1) is 19.8. The van der Waals surface area contributed by atoms with Crippen molar-refractivity contribution < 1.29 is 14.3 Å². The number of nitrogens with zero attached hydrogens (tertiary/aromatic N) is 1. The van der Waals surface area contributed by atoms with E-state index in [-0.39, 0.29) is 24.8 Å². The summed E-state index contributed by atoms with van der Waals surface area (Å²) in [6, 6.07) is 11.0. The molecular weight excluding hydrogens is 352 g/mol. The van der Waals surface area contributed by atoms with Crippen molar-refractivity contribution in [3.63, 3.8) is 0 Å². The Morgan fingerprint density at radius 3 is 2.50 bits per heavy atom. The van der Waals surface area contributed by atoms with Crippen molar-refractivity contribution in [2.24, 2.45) is 0 Å². The Morgan fingerprint density at radius 2 is 1.88 bits per heavy atom. The fraction of sp³-hybridized carbons (Fsp3) is 0.300. The van der Waals surface area contributed by atoms with Crippen molar-refractivity contribution in [2.45, 2.75) is 27.2 Å². The van der Waals surface area contributed by atoms with E-state index in [9.17, 15) is 9.59 Å². The lowest BCUT2D eigenvalue weighted by atomic mass is 10.1. The van der Waals surface area contributed by atoms with Crippen molar-refractivity contribution in [3.8, 4) is 5.75 Å². The van der Waals surface area contributed by atoms with Gasteiger partial charge >= 0.3 is 0 Å². The molecular formula is C20H23ClN2O3. The molecule has 0 aliphatic carbocycles. The molecule has 2 amide bonds. The zero-order valence-electron chi connectivity index (χ0n) is 15.4. The summed E-state index contributed by atoms with van der Waals surface area (Å²) < 4.78 is 5.13. The molecule has 0 aliphatic heterocycles. The minimum Gasteiger partial charge on any atom is -0.495 e. The zero-order valence-corrected chi connectivity index (χ0v) is 16.2. The number of nitrogens with one attached hydrogen (secondary N) is 1. The summed E-state index contributed by atoms with van der Waals surface area (Å²) in [5.41, 5.74) is 3.48. The van der Waals surface area contributed by atoms with Gasteiger partial charge in [-0.2, -0.15) is 0 Å². The summed E-state index contributed by atoms with van der Waals surface area (Å²) >= 11 is 6.14. The van der Waals surface area contributed by atoms with Crippen LogP contribution in [0.15, 0.2) is 36.4 Å². The summed E-state index contributed by atoms with van der Waals surface area (Å²) in [6.45, 7) is 5.63. The number of hydrogen-bond donors (Lipinski definition) is 1. The number of amides is 2. The molecule has 0 spiro atoms. The van der Waals surface area contributed by atoms with Gasteiger partial charge in [0.15, 0.2) is 0 Å². The Labute approximate surface area is 158 Å². The molecule has 26 heavy (non-hydrogen) atoms. The number of rotatable bonds is 6. The van der Waals surface area contributed by atoms with Crippen molar-refractivity contribution >= 4 is 34.8 Å². The Kier molecular flexibility index (Phi) is 6.64. The summed E-state index contributed by atoms with van der Waals surface area (Å²) in [4.78, 5) is 25.8. The van der Waals surface area contributed by atoms with E-state index < -0.39 is 0 Å². The maximum absolute atomic E-state index is 12.3. The molecule has 5 nitrogen and oxygen atoms in total. The average Bonchev–Trinajstić information content (AvgIpc) is 2.58. The van der Waals surface area contributed by atoms with Crippen LogP contribution in [-0.4, -0.2) is 25.5 Å². The largest absolute Gasteiger partial charge is 0.495 e. The van der Waals surface area contributed by atoms with Crippen LogP contribution in [0.25, 0.3) is 0 Å². The highest BCUT2D eigenvalue weighted by molar-refractivity contribution is 6.32. The number of benzene rings is 2. The van der Waals surface area contributed by atoms with Crippen molar-refractivity contribution in [3.05, 3.63) is 52.5 Å². The van der Waals surface area contributed by atoms with E-state index in [0.29, 0.717) is 16.5 Å². The van der Waals surface area contributed by atoms with Crippen LogP contribution in [0.2, 0.25) is 5.02 Å². The quantitative estimate of drug-likeness (QED) is 0.817. The molecule has 2 aromatic carbocycles. The summed E-state index contributed by atoms with van der Waals surface area (Å²) in [7, 11) is 1.53. The minimum atomic E-state index is -0.161. The van der Waals surface area contributed by atoms with E-state index >= 15 is 0 Å². The second kappa shape index (κ2) is 8.72. The number of hydrogen-bond acceptors (Lipinski definition) is 3. The Bertz CT molecular complexity index is 821. The molecule has 0 aromatic heterocycles. The number of methoxy groups -OCH3 is 1. The van der Waals surface area contributed by atoms with Gasteiger partial charge in [-0.1, -0.05) is 23.7 Å². The normalized spacial score (nSPS) is 10.3. The zero-order chi connectivity index (χ0) is 19.3. The number of carbonyl (C=O) groups excluding carboxylic acids is 2. The molecule has 0 radical (unpaired) electrons. The van der Waals surface area contributed by atoms with E-state index in [0.717, 1.165) is 16.8 Å². The van der Waals surface area contributed by atoms with Crippen LogP contribution >= 0.6 is 11.6 Å². The van der Waals surface area contributed by atoms with Crippen molar-refractivity contribution in [2.75, 3.05) is 23.9 Å². The highest BCUT2D eigenvalue weighted by Crippen LogP contribution is 2.29. The van der Waals surface area contributed by atoms with Crippen LogP contribution in [0.3, 0.4) is 0 Å². The Morgan fingerprint density at radius 1 is 1.15 bits per heavy atom. The molecule has 0 aliphatic rings. The smallest absolute Gasteiger partial charge is 0.226 e. The molecule has 0 saturated heterocycles. The van der Waals surface area contributed by atoms with Crippen LogP contribution in [-0.2, 0) is 9.59 Å². The van der Waals surface area contributed by atoms with Gasteiger partial charge in [0.25, 0.3) is 0 Å². The van der Waals surface area contributed by atoms with Gasteiger partial charge in [0.05, 0.1) is 12.1 Å². The minimum absolute atomic E-state index is 0.149. The van der Waals surface area contributed by atoms with Gasteiger partial charge in [-0.05, 0) is 49.2 Å². The predicted molar refractivity (Wildman–Crippen MR) is 105 cm³/mol. The van der Waals surface area contributed by atoms with E-state index in [1.165, 1.54) is 18.9 Å². The van der Waals surface area contributed by atoms with Crippen LogP contribution < -0.4 is 15.0 Å². The Balaban J connectivity index is 2.06. The van der Waals surface area contributed by atoms with Crippen molar-refractivity contribution in [1.29, 1.82) is 0 Å². The van der Waals surface area contributed by atoms with Gasteiger partial charge < -0.3 is 15.0 Å². The maximum Gasteiger partial charge on any atom is 0.226 e. The highest BCUT2D eigenvalue weighted by atomic mass is 35.5. The number of carbonyl (C=O) groups is 2. The van der Waals surface area contributed by atoms with Crippen LogP contribution in [0.5, 0.6) is 5.75 Å². The first-order valence-corrected chi connectivity index (χ1v) is 8.68. The fourth-order valence-corrected chi connectivity index (χ4v) is 2.84. The third-order valence-corrected chi connectivity index (χ3v) is 4.35. The monoisotopic (exact) mass is 374 g/mol. The van der Waals surface area contributed by atoms with Gasteiger partial charge in [0.2, 0.25) is 11.8 Å². The molecule has 6 heteroatoms. The molecule has 0 saturated carbocycles. The number of aryl methyl sites for hydroxylation is 2. The second-order valence-corrected chi connectivity index (χ2v) is 6.51. The van der Waals surface area contributed by atoms with E-state index in [1.54, 1.807) is 18.2 Å². The lowest BCUT2D eigenvalue weighted by Gasteiger charge is -2.22. The SMILES string of the molecule is COc1ccc(N(CCC(=O)Nc2cc(C)ccc2C)C(C)=O)cc1Cl. The first-order valence-electron chi connectivity index (χ1n) is 8.30. The second-order valence-electron chi connectivity index (χ2n) is 6.11. The first-order chi connectivity index (χ1) is 12.3. The van der Waals surface area contributed by atoms with Crippen molar-refractivity contribution in [1.82, 2.24) is 0 Å². The molecule has 2 aromatic rings. The van der Waals surface area contributed by atoms with E-state index in [2.05, 4.69) is 5.32 Å². The Hall–Kier alpha value is -2.53. The highest BCUT2D eigenvalue weighted by Gasteiger charge is 2.15. The fourth-order valence-electron chi connectivity index (χ4n) is 2.59. The molecule has 2 rings (SSSR count). The predicted octanol–water partition coefficient (Wildman–Crippen LogP) is 4.35. The number of ether oxygens (including phenoxy) is 1. The van der Waals surface area contributed by atoms with Gasteiger partial charge in [0.1, 0.15) is 5.75 Å². The van der Waals surface area contributed by atoms with E-state index in [1.807, 2.05) is 32.0 Å². The van der Waals surface area contributed by atoms with E-state index in [4.69, 9.17) is 16.3 Å². The maximum atomic E-state index is 12.3. The summed E-state index contributed by atoms with van der Waals surface area (Å²) in [5, 5.41) is 3.32. The lowest BCUT2D eigenvalue weighted by molar-refractivity contribution is -0.117. The lowest BCUT2D eigenvalue weighted by Crippen LogP contribution is -2.32. The van der Waals surface area contributed by atoms with Gasteiger partial charge in [-0.25, -0.2) is 0 Å². The third kappa shape index (κ3) is 4.99. The number of halogens is 1. The van der Waals surface area contributed by atoms with Crippen LogP contribution in [0.1, 0.15) is 24.5 Å². The molecule has 1 N–H and O–H groups in total. The van der Waals surface area contributed by atoms with Crippen LogP contribution in [0, 0.1) is 13.8 Å². The summed E-state index contributed by atoms with van der Waals surface area (Å²) in [6.07, 6.45) is 0.177. The average molecular weight is 375 g/mol. The molecule has 0 fully saturated rings. The van der Waals surface area contributed by atoms with Crippen LogP contribution in [0.4, 0.5) is 11.4 Å². The standard InChI is InChI=1S/C20H23ClN2O3/c1-13-5-6-14(2)18(11-13)22-20(25)9-10-23(15(3)24)16-7-8-19(26-4)17(21)12-16/h5-8,11-12H,9-10H2,1-4H3,(H,22,25). The molecule has 0 atom stereocenters. The third-order valence-electron chi connectivity index (χ3n) is 4.06. The molecule has 0 heterocycles. The molecule has 138 valence electrons. The van der Waals surface area contributed by atoms with Gasteiger partial charge in [-0.15, -0.1) is 0 Å².